The molecule has 116 valence electrons. The van der Waals surface area contributed by atoms with Gasteiger partial charge in [-0.15, -0.1) is 0 Å². The summed E-state index contributed by atoms with van der Waals surface area (Å²) in [6.07, 6.45) is 4.84. The van der Waals surface area contributed by atoms with Gasteiger partial charge in [0.05, 0.1) is 0 Å². The highest BCUT2D eigenvalue weighted by molar-refractivity contribution is 5.57. The molecule has 1 aromatic heterocycles. The molecule has 0 saturated carbocycles. The van der Waals surface area contributed by atoms with E-state index in [9.17, 15) is 0 Å². The van der Waals surface area contributed by atoms with E-state index in [-0.39, 0.29) is 0 Å². The first-order valence-corrected chi connectivity index (χ1v) is 8.23. The second kappa shape index (κ2) is 5.79. The molecule has 2 N–H and O–H groups in total. The van der Waals surface area contributed by atoms with Gasteiger partial charge in [0, 0.05) is 37.2 Å². The van der Waals surface area contributed by atoms with E-state index in [1.54, 1.807) is 0 Å². The van der Waals surface area contributed by atoms with Crippen LogP contribution >= 0.6 is 0 Å². The summed E-state index contributed by atoms with van der Waals surface area (Å²) >= 11 is 0. The van der Waals surface area contributed by atoms with Crippen LogP contribution in [-0.2, 0) is 6.42 Å². The number of anilines is 2. The highest BCUT2D eigenvalue weighted by Crippen LogP contribution is 2.30. The summed E-state index contributed by atoms with van der Waals surface area (Å²) in [4.78, 5) is 14.3. The van der Waals surface area contributed by atoms with E-state index in [1.165, 1.54) is 25.8 Å². The van der Waals surface area contributed by atoms with Gasteiger partial charge < -0.3 is 10.6 Å². The Labute approximate surface area is 127 Å². The Morgan fingerprint density at radius 3 is 2.81 bits per heavy atom. The Morgan fingerprint density at radius 1 is 1.24 bits per heavy atom. The van der Waals surface area contributed by atoms with Crippen molar-refractivity contribution in [3.05, 3.63) is 11.4 Å². The molecule has 0 spiro atoms. The zero-order valence-electron chi connectivity index (χ0n) is 13.5. The van der Waals surface area contributed by atoms with Gasteiger partial charge in [0.25, 0.3) is 0 Å². The van der Waals surface area contributed by atoms with Crippen LogP contribution in [-0.4, -0.2) is 46.6 Å². The maximum absolute atomic E-state index is 6.09. The smallest absolute Gasteiger partial charge is 0.137 e. The average Bonchev–Trinajstić information content (AvgIpc) is 2.49. The molecule has 5 heteroatoms. The summed E-state index contributed by atoms with van der Waals surface area (Å²) in [6, 6.07) is 1.16. The van der Waals surface area contributed by atoms with E-state index < -0.39 is 0 Å². The highest BCUT2D eigenvalue weighted by Gasteiger charge is 2.34. The Bertz CT molecular complexity index is 516. The zero-order chi connectivity index (χ0) is 15.0. The van der Waals surface area contributed by atoms with Gasteiger partial charge in [0.2, 0.25) is 0 Å². The molecular formula is C16H27N5. The number of fused-ring (bicyclic) bond motifs is 1. The normalized spacial score (nSPS) is 26.7. The lowest BCUT2D eigenvalue weighted by atomic mass is 9.97. The summed E-state index contributed by atoms with van der Waals surface area (Å²) in [5, 5.41) is 0. The Balaban J connectivity index is 1.90. The average molecular weight is 289 g/mol. The van der Waals surface area contributed by atoms with Crippen molar-refractivity contribution in [3.8, 4) is 0 Å². The number of aryl methyl sites for hydroxylation is 1. The lowest BCUT2D eigenvalue weighted by Gasteiger charge is -2.48. The number of nitrogen functional groups attached to an aromatic ring is 1. The van der Waals surface area contributed by atoms with Crippen molar-refractivity contribution < 1.29 is 0 Å². The van der Waals surface area contributed by atoms with Crippen molar-refractivity contribution in [2.45, 2.75) is 58.5 Å². The summed E-state index contributed by atoms with van der Waals surface area (Å²) in [7, 11) is 0. The first kappa shape index (κ1) is 14.6. The number of hydrogen-bond acceptors (Lipinski definition) is 5. The molecule has 0 aromatic carbocycles. The highest BCUT2D eigenvalue weighted by atomic mass is 15.3. The van der Waals surface area contributed by atoms with Gasteiger partial charge in [-0.05, 0) is 33.2 Å². The SMILES string of the molecule is CCc1nc(N)c(C)c(N2CC3CCCCN3CC2C)n1. The summed E-state index contributed by atoms with van der Waals surface area (Å²) in [6.45, 7) is 9.89. The van der Waals surface area contributed by atoms with Crippen molar-refractivity contribution >= 4 is 11.6 Å². The number of nitrogens with zero attached hydrogens (tertiary/aromatic N) is 4. The van der Waals surface area contributed by atoms with Gasteiger partial charge >= 0.3 is 0 Å². The number of hydrogen-bond donors (Lipinski definition) is 1. The Hall–Kier alpha value is -1.36. The molecule has 0 bridgehead atoms. The zero-order valence-corrected chi connectivity index (χ0v) is 13.5. The minimum Gasteiger partial charge on any atom is -0.383 e. The molecule has 2 saturated heterocycles. The maximum atomic E-state index is 6.09. The molecule has 0 amide bonds. The molecule has 1 aromatic rings. The van der Waals surface area contributed by atoms with Crippen LogP contribution in [0.15, 0.2) is 0 Å². The van der Waals surface area contributed by atoms with Crippen molar-refractivity contribution in [2.24, 2.45) is 0 Å². The predicted molar refractivity (Wildman–Crippen MR) is 86.6 cm³/mol. The molecule has 3 heterocycles. The van der Waals surface area contributed by atoms with Crippen molar-refractivity contribution in [1.29, 1.82) is 0 Å². The minimum atomic E-state index is 0.483. The number of aromatic nitrogens is 2. The van der Waals surface area contributed by atoms with Crippen molar-refractivity contribution in [2.75, 3.05) is 30.3 Å². The molecule has 0 radical (unpaired) electrons. The molecule has 21 heavy (non-hydrogen) atoms. The van der Waals surface area contributed by atoms with Crippen LogP contribution in [0.25, 0.3) is 0 Å². The lowest BCUT2D eigenvalue weighted by molar-refractivity contribution is 0.115. The van der Waals surface area contributed by atoms with Crippen LogP contribution < -0.4 is 10.6 Å². The number of piperazine rings is 1. The van der Waals surface area contributed by atoms with E-state index in [0.717, 1.165) is 36.7 Å². The fourth-order valence-electron chi connectivity index (χ4n) is 3.65. The van der Waals surface area contributed by atoms with Gasteiger partial charge in [-0.1, -0.05) is 13.3 Å². The third-order valence-corrected chi connectivity index (χ3v) is 4.98. The van der Waals surface area contributed by atoms with Crippen LogP contribution in [0.2, 0.25) is 0 Å². The van der Waals surface area contributed by atoms with Gasteiger partial charge in [-0.25, -0.2) is 9.97 Å². The summed E-state index contributed by atoms with van der Waals surface area (Å²) in [5.41, 5.74) is 7.12. The van der Waals surface area contributed by atoms with Gasteiger partial charge in [0.1, 0.15) is 17.5 Å². The molecule has 2 unspecified atom stereocenters. The molecule has 0 aliphatic carbocycles. The van der Waals surface area contributed by atoms with E-state index in [0.29, 0.717) is 17.9 Å². The Morgan fingerprint density at radius 2 is 2.05 bits per heavy atom. The molecule has 2 aliphatic heterocycles. The van der Waals surface area contributed by atoms with Crippen LogP contribution in [0.3, 0.4) is 0 Å². The first-order chi connectivity index (χ1) is 10.1. The molecule has 5 nitrogen and oxygen atoms in total. The van der Waals surface area contributed by atoms with Crippen molar-refractivity contribution in [1.82, 2.24) is 14.9 Å². The molecule has 2 atom stereocenters. The maximum Gasteiger partial charge on any atom is 0.137 e. The summed E-state index contributed by atoms with van der Waals surface area (Å²) < 4.78 is 0. The van der Waals surface area contributed by atoms with Crippen LogP contribution in [0.5, 0.6) is 0 Å². The van der Waals surface area contributed by atoms with Crippen LogP contribution in [0.1, 0.15) is 44.5 Å². The second-order valence-corrected chi connectivity index (χ2v) is 6.47. The first-order valence-electron chi connectivity index (χ1n) is 8.23. The second-order valence-electron chi connectivity index (χ2n) is 6.47. The molecule has 2 fully saturated rings. The van der Waals surface area contributed by atoms with E-state index in [1.807, 2.05) is 6.92 Å². The van der Waals surface area contributed by atoms with Gasteiger partial charge in [-0.3, -0.25) is 4.90 Å². The predicted octanol–water partition coefficient (Wildman–Crippen LogP) is 1.99. The third kappa shape index (κ3) is 2.71. The van der Waals surface area contributed by atoms with Crippen LogP contribution in [0.4, 0.5) is 11.6 Å². The number of piperidine rings is 1. The molecule has 3 rings (SSSR count). The number of nitrogens with two attached hydrogens (primary N) is 1. The Kier molecular flexibility index (Phi) is 4.02. The number of rotatable bonds is 2. The van der Waals surface area contributed by atoms with Crippen LogP contribution in [0, 0.1) is 6.92 Å². The fourth-order valence-corrected chi connectivity index (χ4v) is 3.65. The minimum absolute atomic E-state index is 0.483. The van der Waals surface area contributed by atoms with E-state index in [2.05, 4.69) is 28.6 Å². The molecular weight excluding hydrogens is 262 g/mol. The van der Waals surface area contributed by atoms with E-state index >= 15 is 0 Å². The van der Waals surface area contributed by atoms with Gasteiger partial charge in [-0.2, -0.15) is 0 Å². The largest absolute Gasteiger partial charge is 0.383 e. The standard InChI is InChI=1S/C16H27N5/c1-4-14-18-15(17)12(3)16(19-14)21-10-13-7-5-6-8-20(13)9-11(21)2/h11,13H,4-10H2,1-3H3,(H2,17,18,19). The quantitative estimate of drug-likeness (QED) is 0.902. The monoisotopic (exact) mass is 289 g/mol. The lowest BCUT2D eigenvalue weighted by Crippen LogP contribution is -2.59. The topological polar surface area (TPSA) is 58.3 Å². The fraction of sp³-hybridized carbons (Fsp3) is 0.750. The molecule has 2 aliphatic rings. The summed E-state index contributed by atoms with van der Waals surface area (Å²) in [5.74, 6) is 2.54. The van der Waals surface area contributed by atoms with E-state index in [4.69, 9.17) is 10.7 Å². The third-order valence-electron chi connectivity index (χ3n) is 4.98. The van der Waals surface area contributed by atoms with Crippen molar-refractivity contribution in [3.63, 3.8) is 0 Å². The van der Waals surface area contributed by atoms with Gasteiger partial charge in [0.15, 0.2) is 0 Å².